The predicted octanol–water partition coefficient (Wildman–Crippen LogP) is 1.08. The smallest absolute Gasteiger partial charge is 0.336 e. The molecular formula is C13H12O6. The fourth-order valence-corrected chi connectivity index (χ4v) is 1.89. The summed E-state index contributed by atoms with van der Waals surface area (Å²) in [6.45, 7) is 0.245. The summed E-state index contributed by atoms with van der Waals surface area (Å²) < 4.78 is 10.4. The van der Waals surface area contributed by atoms with E-state index in [1.165, 1.54) is 12.2 Å². The van der Waals surface area contributed by atoms with Crippen LogP contribution in [0.2, 0.25) is 0 Å². The van der Waals surface area contributed by atoms with Crippen molar-refractivity contribution in [2.75, 3.05) is 13.2 Å². The average molecular weight is 264 g/mol. The molecule has 0 aromatic carbocycles. The number of carboxylic acid groups (broad SMARTS) is 2. The summed E-state index contributed by atoms with van der Waals surface area (Å²) in [7, 11) is 0. The lowest BCUT2D eigenvalue weighted by Gasteiger charge is -2.30. The molecule has 6 heteroatoms. The number of hydrogen-bond donors (Lipinski definition) is 2. The maximum Gasteiger partial charge on any atom is 0.336 e. The molecule has 100 valence electrons. The molecule has 2 aliphatic heterocycles. The molecule has 0 amide bonds. The third-order valence-corrected chi connectivity index (χ3v) is 2.82. The van der Waals surface area contributed by atoms with Gasteiger partial charge in [-0.05, 0) is 24.3 Å². The molecule has 2 N–H and O–H groups in total. The summed E-state index contributed by atoms with van der Waals surface area (Å²) in [6.07, 6.45) is 9.06. The van der Waals surface area contributed by atoms with Gasteiger partial charge in [-0.2, -0.15) is 0 Å². The molecule has 0 atom stereocenters. The minimum Gasteiger partial charge on any atom is -0.492 e. The maximum absolute atomic E-state index is 11.6. The monoisotopic (exact) mass is 264 g/mol. The Bertz CT molecular complexity index is 475. The SMILES string of the molecule is O=C(O)C(C(=O)O)(C1=CC=CCO1)C1=CC=CCO1. The Balaban J connectivity index is 2.60. The number of hydrogen-bond acceptors (Lipinski definition) is 4. The molecule has 0 fully saturated rings. The molecule has 6 nitrogen and oxygen atoms in total. The Morgan fingerprint density at radius 1 is 0.947 bits per heavy atom. The molecular weight excluding hydrogens is 252 g/mol. The largest absolute Gasteiger partial charge is 0.492 e. The molecule has 0 radical (unpaired) electrons. The van der Waals surface area contributed by atoms with Crippen molar-refractivity contribution < 1.29 is 29.3 Å². The van der Waals surface area contributed by atoms with Crippen molar-refractivity contribution in [1.82, 2.24) is 0 Å². The normalized spacial score (nSPS) is 17.9. The second-order valence-electron chi connectivity index (χ2n) is 3.90. The molecule has 0 spiro atoms. The van der Waals surface area contributed by atoms with Crippen LogP contribution >= 0.6 is 0 Å². The highest BCUT2D eigenvalue weighted by Crippen LogP contribution is 2.39. The van der Waals surface area contributed by atoms with Gasteiger partial charge in [0.15, 0.2) is 0 Å². The van der Waals surface area contributed by atoms with Gasteiger partial charge in [-0.1, -0.05) is 12.2 Å². The molecule has 0 saturated heterocycles. The van der Waals surface area contributed by atoms with Crippen molar-refractivity contribution in [1.29, 1.82) is 0 Å². The first-order chi connectivity index (χ1) is 9.10. The second kappa shape index (κ2) is 5.01. The predicted molar refractivity (Wildman–Crippen MR) is 64.1 cm³/mol. The van der Waals surface area contributed by atoms with Crippen LogP contribution in [0.25, 0.3) is 0 Å². The zero-order chi connectivity index (χ0) is 13.9. The van der Waals surface area contributed by atoms with Gasteiger partial charge < -0.3 is 19.7 Å². The van der Waals surface area contributed by atoms with Gasteiger partial charge in [0.2, 0.25) is 0 Å². The molecule has 2 heterocycles. The number of rotatable bonds is 4. The highest BCUT2D eigenvalue weighted by molar-refractivity contribution is 6.04. The Morgan fingerprint density at radius 2 is 1.37 bits per heavy atom. The van der Waals surface area contributed by atoms with Crippen molar-refractivity contribution in [3.05, 3.63) is 48.0 Å². The number of carboxylic acids is 2. The Morgan fingerprint density at radius 3 is 1.63 bits per heavy atom. The number of aliphatic carboxylic acids is 2. The molecule has 0 aromatic heterocycles. The highest BCUT2D eigenvalue weighted by Gasteiger charge is 2.57. The van der Waals surface area contributed by atoms with Crippen molar-refractivity contribution in [3.63, 3.8) is 0 Å². The fraction of sp³-hybridized carbons (Fsp3) is 0.231. The summed E-state index contributed by atoms with van der Waals surface area (Å²) in [4.78, 5) is 23.2. The van der Waals surface area contributed by atoms with Gasteiger partial charge in [0.25, 0.3) is 5.41 Å². The van der Waals surface area contributed by atoms with Crippen LogP contribution in [0.15, 0.2) is 48.0 Å². The number of carbonyl (C=O) groups is 2. The summed E-state index contributed by atoms with van der Waals surface area (Å²) in [5, 5.41) is 18.9. The van der Waals surface area contributed by atoms with Crippen molar-refractivity contribution >= 4 is 11.9 Å². The van der Waals surface area contributed by atoms with Crippen molar-refractivity contribution in [3.8, 4) is 0 Å². The van der Waals surface area contributed by atoms with Gasteiger partial charge in [0, 0.05) is 0 Å². The van der Waals surface area contributed by atoms with Gasteiger partial charge in [0.1, 0.15) is 24.7 Å². The molecule has 0 aliphatic carbocycles. The van der Waals surface area contributed by atoms with Crippen LogP contribution in [0.4, 0.5) is 0 Å². The van der Waals surface area contributed by atoms with Crippen LogP contribution in [0.5, 0.6) is 0 Å². The quantitative estimate of drug-likeness (QED) is 0.738. The van der Waals surface area contributed by atoms with E-state index in [0.717, 1.165) is 0 Å². The highest BCUT2D eigenvalue weighted by atomic mass is 16.5. The number of allylic oxidation sites excluding steroid dienone is 4. The van der Waals surface area contributed by atoms with Crippen molar-refractivity contribution in [2.24, 2.45) is 5.41 Å². The van der Waals surface area contributed by atoms with Gasteiger partial charge in [0.05, 0.1) is 0 Å². The van der Waals surface area contributed by atoms with E-state index in [-0.39, 0.29) is 24.7 Å². The van der Waals surface area contributed by atoms with Crippen LogP contribution in [0, 0.1) is 5.41 Å². The standard InChI is InChI=1S/C13H12O6/c14-11(15)13(12(16)17,9-5-1-3-7-18-9)10-6-2-4-8-19-10/h1-6H,7-8H2,(H,14,15)(H,16,17). The Hall–Kier alpha value is -2.50. The summed E-state index contributed by atoms with van der Waals surface area (Å²) >= 11 is 0. The lowest BCUT2D eigenvalue weighted by molar-refractivity contribution is -0.164. The topological polar surface area (TPSA) is 93.1 Å². The lowest BCUT2D eigenvalue weighted by Crippen LogP contribution is -2.45. The third-order valence-electron chi connectivity index (χ3n) is 2.82. The van der Waals surface area contributed by atoms with Gasteiger partial charge in [-0.25, -0.2) is 9.59 Å². The average Bonchev–Trinajstić information content (AvgIpc) is 2.41. The molecule has 0 saturated carbocycles. The van der Waals surface area contributed by atoms with Gasteiger partial charge in [-0.15, -0.1) is 0 Å². The first kappa shape index (κ1) is 12.9. The van der Waals surface area contributed by atoms with E-state index in [2.05, 4.69) is 0 Å². The molecule has 19 heavy (non-hydrogen) atoms. The first-order valence-electron chi connectivity index (χ1n) is 5.57. The van der Waals surface area contributed by atoms with Crippen LogP contribution in [-0.4, -0.2) is 35.4 Å². The maximum atomic E-state index is 11.6. The van der Waals surface area contributed by atoms with E-state index >= 15 is 0 Å². The van der Waals surface area contributed by atoms with Crippen LogP contribution in [0.3, 0.4) is 0 Å². The summed E-state index contributed by atoms with van der Waals surface area (Å²) in [5.74, 6) is -3.45. The van der Waals surface area contributed by atoms with E-state index in [1.807, 2.05) is 0 Å². The fourth-order valence-electron chi connectivity index (χ4n) is 1.89. The van der Waals surface area contributed by atoms with E-state index in [1.54, 1.807) is 24.3 Å². The number of ether oxygens (including phenoxy) is 2. The zero-order valence-corrected chi connectivity index (χ0v) is 9.91. The summed E-state index contributed by atoms with van der Waals surface area (Å²) in [6, 6.07) is 0. The van der Waals surface area contributed by atoms with Gasteiger partial charge >= 0.3 is 11.9 Å². The van der Waals surface area contributed by atoms with E-state index in [4.69, 9.17) is 9.47 Å². The lowest BCUT2D eigenvalue weighted by atomic mass is 9.82. The minimum absolute atomic E-state index is 0.122. The summed E-state index contributed by atoms with van der Waals surface area (Å²) in [5.41, 5.74) is -2.35. The van der Waals surface area contributed by atoms with Gasteiger partial charge in [-0.3, -0.25) is 0 Å². The van der Waals surface area contributed by atoms with Crippen LogP contribution in [-0.2, 0) is 19.1 Å². The Kier molecular flexibility index (Phi) is 3.41. The van der Waals surface area contributed by atoms with Crippen molar-refractivity contribution in [2.45, 2.75) is 0 Å². The Labute approximate surface area is 108 Å². The second-order valence-corrected chi connectivity index (χ2v) is 3.90. The van der Waals surface area contributed by atoms with E-state index in [0.29, 0.717) is 0 Å². The molecule has 0 bridgehead atoms. The molecule has 2 aliphatic rings. The van der Waals surface area contributed by atoms with Crippen LogP contribution in [0.1, 0.15) is 0 Å². The van der Waals surface area contributed by atoms with E-state index < -0.39 is 17.4 Å². The minimum atomic E-state index is -2.35. The zero-order valence-electron chi connectivity index (χ0n) is 9.91. The molecule has 0 aromatic rings. The first-order valence-corrected chi connectivity index (χ1v) is 5.57. The molecule has 0 unspecified atom stereocenters. The van der Waals surface area contributed by atoms with Crippen LogP contribution < -0.4 is 0 Å². The third kappa shape index (κ3) is 2.01. The van der Waals surface area contributed by atoms with E-state index in [9.17, 15) is 19.8 Å². The molecule has 2 rings (SSSR count).